The average molecular weight is 268 g/mol. The standard InChI is InChI=1S/C16H32N2O/c1-6-16(7-2)12-18(15(4,5)11-17-16)10-14-9-8-13(3)19-14/h13-14,17H,6-12H2,1-5H3. The fourth-order valence-corrected chi connectivity index (χ4v) is 3.45. The number of piperazine rings is 1. The SMILES string of the molecule is CCC1(CC)CN(CC2CCC(C)O2)C(C)(C)CN1. The molecule has 0 radical (unpaired) electrons. The highest BCUT2D eigenvalue weighted by atomic mass is 16.5. The van der Waals surface area contributed by atoms with E-state index < -0.39 is 0 Å². The Morgan fingerprint density at radius 2 is 1.89 bits per heavy atom. The molecule has 2 fully saturated rings. The third-order valence-corrected chi connectivity index (χ3v) is 5.34. The summed E-state index contributed by atoms with van der Waals surface area (Å²) >= 11 is 0. The molecule has 0 aromatic heterocycles. The third-order valence-electron chi connectivity index (χ3n) is 5.34. The van der Waals surface area contributed by atoms with Gasteiger partial charge < -0.3 is 10.1 Å². The minimum atomic E-state index is 0.239. The topological polar surface area (TPSA) is 24.5 Å². The molecule has 0 spiro atoms. The first-order chi connectivity index (χ1) is 8.91. The zero-order chi connectivity index (χ0) is 14.1. The van der Waals surface area contributed by atoms with E-state index in [4.69, 9.17) is 4.74 Å². The van der Waals surface area contributed by atoms with Crippen LogP contribution in [0, 0.1) is 0 Å². The van der Waals surface area contributed by atoms with E-state index in [2.05, 4.69) is 44.8 Å². The molecular weight excluding hydrogens is 236 g/mol. The largest absolute Gasteiger partial charge is 0.374 e. The maximum absolute atomic E-state index is 6.03. The Morgan fingerprint density at radius 1 is 1.21 bits per heavy atom. The lowest BCUT2D eigenvalue weighted by Gasteiger charge is -2.52. The number of nitrogens with one attached hydrogen (secondary N) is 1. The van der Waals surface area contributed by atoms with Crippen molar-refractivity contribution in [3.05, 3.63) is 0 Å². The summed E-state index contributed by atoms with van der Waals surface area (Å²) in [6, 6.07) is 0. The van der Waals surface area contributed by atoms with Gasteiger partial charge in [-0.05, 0) is 46.5 Å². The highest BCUT2D eigenvalue weighted by Gasteiger charge is 2.42. The fourth-order valence-electron chi connectivity index (χ4n) is 3.45. The molecule has 0 aromatic carbocycles. The van der Waals surface area contributed by atoms with Gasteiger partial charge >= 0.3 is 0 Å². The Labute approximate surface area is 119 Å². The summed E-state index contributed by atoms with van der Waals surface area (Å²) in [6.07, 6.45) is 5.77. The van der Waals surface area contributed by atoms with Crippen molar-refractivity contribution in [2.24, 2.45) is 0 Å². The molecule has 2 rings (SSSR count). The lowest BCUT2D eigenvalue weighted by Crippen LogP contribution is -2.68. The number of hydrogen-bond acceptors (Lipinski definition) is 3. The molecule has 3 nitrogen and oxygen atoms in total. The molecule has 2 unspecified atom stereocenters. The van der Waals surface area contributed by atoms with Crippen molar-refractivity contribution in [1.29, 1.82) is 0 Å². The van der Waals surface area contributed by atoms with Gasteiger partial charge in [0.05, 0.1) is 12.2 Å². The first-order valence-electron chi connectivity index (χ1n) is 8.06. The van der Waals surface area contributed by atoms with Gasteiger partial charge in [-0.15, -0.1) is 0 Å². The molecule has 19 heavy (non-hydrogen) atoms. The van der Waals surface area contributed by atoms with Gasteiger partial charge in [0.1, 0.15) is 0 Å². The van der Waals surface area contributed by atoms with Crippen LogP contribution < -0.4 is 5.32 Å². The summed E-state index contributed by atoms with van der Waals surface area (Å²) in [6.45, 7) is 14.9. The van der Waals surface area contributed by atoms with Crippen LogP contribution in [-0.2, 0) is 4.74 Å². The number of nitrogens with zero attached hydrogens (tertiary/aromatic N) is 1. The van der Waals surface area contributed by atoms with Crippen molar-refractivity contribution in [2.75, 3.05) is 19.6 Å². The van der Waals surface area contributed by atoms with Crippen molar-refractivity contribution in [1.82, 2.24) is 10.2 Å². The Kier molecular flexibility index (Phi) is 4.59. The summed E-state index contributed by atoms with van der Waals surface area (Å²) in [5.74, 6) is 0. The minimum absolute atomic E-state index is 0.239. The van der Waals surface area contributed by atoms with Crippen LogP contribution in [0.2, 0.25) is 0 Å². The van der Waals surface area contributed by atoms with Crippen LogP contribution in [0.25, 0.3) is 0 Å². The van der Waals surface area contributed by atoms with E-state index in [1.807, 2.05) is 0 Å². The van der Waals surface area contributed by atoms with Crippen LogP contribution in [0.4, 0.5) is 0 Å². The molecule has 1 N–H and O–H groups in total. The summed E-state index contributed by atoms with van der Waals surface area (Å²) in [4.78, 5) is 2.67. The predicted molar refractivity (Wildman–Crippen MR) is 80.5 cm³/mol. The maximum Gasteiger partial charge on any atom is 0.0706 e. The van der Waals surface area contributed by atoms with E-state index >= 15 is 0 Å². The molecule has 0 aromatic rings. The molecule has 2 aliphatic heterocycles. The highest BCUT2D eigenvalue weighted by Crippen LogP contribution is 2.30. The zero-order valence-corrected chi connectivity index (χ0v) is 13.5. The highest BCUT2D eigenvalue weighted by molar-refractivity contribution is 5.01. The van der Waals surface area contributed by atoms with Crippen LogP contribution in [0.5, 0.6) is 0 Å². The van der Waals surface area contributed by atoms with Gasteiger partial charge in [-0.25, -0.2) is 0 Å². The molecule has 112 valence electrons. The number of ether oxygens (including phenoxy) is 1. The summed E-state index contributed by atoms with van der Waals surface area (Å²) < 4.78 is 6.03. The van der Waals surface area contributed by atoms with Gasteiger partial charge in [-0.1, -0.05) is 13.8 Å². The van der Waals surface area contributed by atoms with E-state index in [1.54, 1.807) is 0 Å². The molecule has 0 bridgehead atoms. The predicted octanol–water partition coefficient (Wildman–Crippen LogP) is 2.80. The summed E-state index contributed by atoms with van der Waals surface area (Å²) in [5, 5.41) is 3.80. The average Bonchev–Trinajstić information content (AvgIpc) is 2.78. The van der Waals surface area contributed by atoms with E-state index in [-0.39, 0.29) is 5.54 Å². The van der Waals surface area contributed by atoms with E-state index in [0.717, 1.165) is 19.6 Å². The van der Waals surface area contributed by atoms with E-state index in [1.165, 1.54) is 25.7 Å². The van der Waals surface area contributed by atoms with Crippen LogP contribution in [0.3, 0.4) is 0 Å². The third kappa shape index (κ3) is 3.32. The first-order valence-corrected chi connectivity index (χ1v) is 8.06. The van der Waals surface area contributed by atoms with Gasteiger partial charge in [0.15, 0.2) is 0 Å². The smallest absolute Gasteiger partial charge is 0.0706 e. The van der Waals surface area contributed by atoms with E-state index in [0.29, 0.717) is 17.7 Å². The van der Waals surface area contributed by atoms with Crippen molar-refractivity contribution in [3.8, 4) is 0 Å². The molecule has 2 aliphatic rings. The maximum atomic E-state index is 6.03. The monoisotopic (exact) mass is 268 g/mol. The van der Waals surface area contributed by atoms with Gasteiger partial charge in [0.2, 0.25) is 0 Å². The van der Waals surface area contributed by atoms with E-state index in [9.17, 15) is 0 Å². The van der Waals surface area contributed by atoms with Crippen LogP contribution in [-0.4, -0.2) is 47.8 Å². The lowest BCUT2D eigenvalue weighted by atomic mass is 9.84. The Balaban J connectivity index is 2.02. The Bertz CT molecular complexity index is 299. The van der Waals surface area contributed by atoms with Gasteiger partial charge in [-0.2, -0.15) is 0 Å². The lowest BCUT2D eigenvalue weighted by molar-refractivity contribution is -0.0295. The molecule has 0 aliphatic carbocycles. The summed E-state index contributed by atoms with van der Waals surface area (Å²) in [7, 11) is 0. The molecule has 3 heteroatoms. The number of rotatable bonds is 4. The quantitative estimate of drug-likeness (QED) is 0.848. The molecular formula is C16H32N2O. The summed E-state index contributed by atoms with van der Waals surface area (Å²) in [5.41, 5.74) is 0.544. The molecule has 2 heterocycles. The molecule has 0 saturated carbocycles. The number of hydrogen-bond donors (Lipinski definition) is 1. The van der Waals surface area contributed by atoms with Crippen LogP contribution in [0.1, 0.15) is 60.3 Å². The second-order valence-electron chi connectivity index (χ2n) is 7.18. The van der Waals surface area contributed by atoms with Crippen molar-refractivity contribution in [2.45, 2.75) is 83.6 Å². The van der Waals surface area contributed by atoms with Crippen LogP contribution in [0.15, 0.2) is 0 Å². The van der Waals surface area contributed by atoms with Crippen LogP contribution >= 0.6 is 0 Å². The first kappa shape index (κ1) is 15.3. The second kappa shape index (κ2) is 5.71. The zero-order valence-electron chi connectivity index (χ0n) is 13.5. The Morgan fingerprint density at radius 3 is 2.42 bits per heavy atom. The normalized spacial score (nSPS) is 34.6. The molecule has 2 saturated heterocycles. The Hall–Kier alpha value is -0.120. The van der Waals surface area contributed by atoms with Gasteiger partial charge in [0, 0.05) is 30.7 Å². The second-order valence-corrected chi connectivity index (χ2v) is 7.18. The van der Waals surface area contributed by atoms with Crippen molar-refractivity contribution in [3.63, 3.8) is 0 Å². The van der Waals surface area contributed by atoms with Crippen molar-refractivity contribution < 1.29 is 4.74 Å². The van der Waals surface area contributed by atoms with Gasteiger partial charge in [0.25, 0.3) is 0 Å². The molecule has 2 atom stereocenters. The fraction of sp³-hybridized carbons (Fsp3) is 1.00. The van der Waals surface area contributed by atoms with Crippen molar-refractivity contribution >= 4 is 0 Å². The molecule has 0 amide bonds. The van der Waals surface area contributed by atoms with Gasteiger partial charge in [-0.3, -0.25) is 4.90 Å². The minimum Gasteiger partial charge on any atom is -0.374 e.